The molecule has 0 aliphatic rings. The van der Waals surface area contributed by atoms with E-state index in [4.69, 9.17) is 15.6 Å². The van der Waals surface area contributed by atoms with Gasteiger partial charge in [-0.25, -0.2) is 0 Å². The summed E-state index contributed by atoms with van der Waals surface area (Å²) in [5.41, 5.74) is 7.81. The molecule has 6 heteroatoms. The zero-order valence-corrected chi connectivity index (χ0v) is 11.2. The molecule has 1 aromatic carbocycles. The van der Waals surface area contributed by atoms with E-state index in [1.807, 2.05) is 13.8 Å². The largest absolute Gasteiger partial charge is 0.496 e. The molecular weight excluding hydrogens is 248 g/mol. The number of rotatable bonds is 5. The minimum atomic E-state index is -1.11. The Morgan fingerprint density at radius 2 is 1.89 bits per heavy atom. The van der Waals surface area contributed by atoms with Crippen molar-refractivity contribution in [3.63, 3.8) is 0 Å². The predicted molar refractivity (Wildman–Crippen MR) is 71.3 cm³/mol. The van der Waals surface area contributed by atoms with E-state index in [1.54, 1.807) is 19.2 Å². The molecule has 0 saturated heterocycles. The second kappa shape index (κ2) is 6.19. The lowest BCUT2D eigenvalue weighted by Crippen LogP contribution is -2.37. The molecule has 1 aromatic rings. The van der Waals surface area contributed by atoms with Crippen LogP contribution < -0.4 is 15.8 Å². The fourth-order valence-corrected chi connectivity index (χ4v) is 1.86. The van der Waals surface area contributed by atoms with Crippen LogP contribution in [0.4, 0.5) is 5.69 Å². The van der Waals surface area contributed by atoms with E-state index < -0.39 is 24.3 Å². The van der Waals surface area contributed by atoms with Gasteiger partial charge in [0.1, 0.15) is 5.75 Å². The minimum Gasteiger partial charge on any atom is -0.496 e. The number of carboxylic acid groups (broad SMARTS) is 1. The highest BCUT2D eigenvalue weighted by Crippen LogP contribution is 2.26. The summed E-state index contributed by atoms with van der Waals surface area (Å²) in [6.45, 7) is 3.72. The maximum atomic E-state index is 11.7. The van der Waals surface area contributed by atoms with Crippen LogP contribution in [-0.2, 0) is 9.59 Å². The first-order valence-corrected chi connectivity index (χ1v) is 5.78. The molecule has 19 heavy (non-hydrogen) atoms. The van der Waals surface area contributed by atoms with Gasteiger partial charge in [-0.2, -0.15) is 0 Å². The van der Waals surface area contributed by atoms with Crippen molar-refractivity contribution in [1.29, 1.82) is 0 Å². The molecule has 0 heterocycles. The molecule has 6 nitrogen and oxygen atoms in total. The number of methoxy groups -OCH3 is 1. The van der Waals surface area contributed by atoms with Crippen LogP contribution in [0.15, 0.2) is 12.1 Å². The zero-order valence-electron chi connectivity index (χ0n) is 11.2. The number of carbonyl (C=O) groups is 2. The minimum absolute atomic E-state index is 0.403. The van der Waals surface area contributed by atoms with Crippen LogP contribution in [-0.4, -0.2) is 30.1 Å². The van der Waals surface area contributed by atoms with Crippen LogP contribution in [0.3, 0.4) is 0 Å². The Kier molecular flexibility index (Phi) is 4.88. The van der Waals surface area contributed by atoms with Gasteiger partial charge in [-0.1, -0.05) is 0 Å². The molecular formula is C13H18N2O4. The highest BCUT2D eigenvalue weighted by Gasteiger charge is 2.17. The van der Waals surface area contributed by atoms with Gasteiger partial charge in [0.05, 0.1) is 19.6 Å². The number of amides is 1. The molecule has 0 fully saturated rings. The van der Waals surface area contributed by atoms with Gasteiger partial charge in [0.2, 0.25) is 5.91 Å². The molecule has 0 bridgehead atoms. The third-order valence-corrected chi connectivity index (χ3v) is 2.66. The van der Waals surface area contributed by atoms with Crippen molar-refractivity contribution in [2.45, 2.75) is 26.3 Å². The predicted octanol–water partition coefficient (Wildman–Crippen LogP) is 1.05. The van der Waals surface area contributed by atoms with E-state index in [0.29, 0.717) is 5.69 Å². The molecule has 104 valence electrons. The Labute approximate surface area is 111 Å². The van der Waals surface area contributed by atoms with Crippen molar-refractivity contribution in [1.82, 2.24) is 0 Å². The first-order chi connectivity index (χ1) is 8.85. The molecule has 1 amide bonds. The maximum absolute atomic E-state index is 11.7. The van der Waals surface area contributed by atoms with Gasteiger partial charge in [-0.15, -0.1) is 0 Å². The summed E-state index contributed by atoms with van der Waals surface area (Å²) >= 11 is 0. The Bertz CT molecular complexity index is 476. The SMILES string of the molecule is COc1c(C)cc(NC(=O)C(N)CC(=O)O)cc1C. The smallest absolute Gasteiger partial charge is 0.305 e. The van der Waals surface area contributed by atoms with Gasteiger partial charge >= 0.3 is 5.97 Å². The normalized spacial score (nSPS) is 11.8. The number of aliphatic carboxylic acids is 1. The van der Waals surface area contributed by atoms with Gasteiger partial charge in [0.15, 0.2) is 0 Å². The fourth-order valence-electron chi connectivity index (χ4n) is 1.86. The number of nitrogens with two attached hydrogens (primary N) is 1. The topological polar surface area (TPSA) is 102 Å². The van der Waals surface area contributed by atoms with Crippen LogP contribution in [0.2, 0.25) is 0 Å². The Morgan fingerprint density at radius 1 is 1.37 bits per heavy atom. The molecule has 1 rings (SSSR count). The highest BCUT2D eigenvalue weighted by molar-refractivity contribution is 5.96. The van der Waals surface area contributed by atoms with E-state index in [9.17, 15) is 9.59 Å². The number of hydrogen-bond acceptors (Lipinski definition) is 4. The van der Waals surface area contributed by atoms with Crippen LogP contribution in [0.5, 0.6) is 5.75 Å². The molecule has 1 unspecified atom stereocenters. The number of carboxylic acids is 1. The number of aryl methyl sites for hydroxylation is 2. The van der Waals surface area contributed by atoms with Crippen LogP contribution in [0, 0.1) is 13.8 Å². The van der Waals surface area contributed by atoms with E-state index in [-0.39, 0.29) is 0 Å². The third kappa shape index (κ3) is 3.96. The summed E-state index contributed by atoms with van der Waals surface area (Å²) in [5, 5.41) is 11.2. The number of anilines is 1. The number of carbonyl (C=O) groups excluding carboxylic acids is 1. The van der Waals surface area contributed by atoms with Crippen LogP contribution >= 0.6 is 0 Å². The summed E-state index contributed by atoms with van der Waals surface area (Å²) in [7, 11) is 1.58. The number of ether oxygens (including phenoxy) is 1. The van der Waals surface area contributed by atoms with Crippen molar-refractivity contribution < 1.29 is 19.4 Å². The van der Waals surface area contributed by atoms with Gasteiger partial charge in [-0.05, 0) is 37.1 Å². The average molecular weight is 266 g/mol. The summed E-state index contributed by atoms with van der Waals surface area (Å²) in [4.78, 5) is 22.2. The van der Waals surface area contributed by atoms with Crippen LogP contribution in [0.1, 0.15) is 17.5 Å². The molecule has 0 aliphatic heterocycles. The molecule has 0 saturated carbocycles. The van der Waals surface area contributed by atoms with Crippen molar-refractivity contribution in [2.75, 3.05) is 12.4 Å². The lowest BCUT2D eigenvalue weighted by atomic mass is 10.1. The monoisotopic (exact) mass is 266 g/mol. The van der Waals surface area contributed by atoms with Crippen molar-refractivity contribution in [3.05, 3.63) is 23.3 Å². The molecule has 4 N–H and O–H groups in total. The third-order valence-electron chi connectivity index (χ3n) is 2.66. The second-order valence-electron chi connectivity index (χ2n) is 4.34. The highest BCUT2D eigenvalue weighted by atomic mass is 16.5. The first kappa shape index (κ1) is 15.0. The summed E-state index contributed by atoms with van der Waals surface area (Å²) < 4.78 is 5.22. The maximum Gasteiger partial charge on any atom is 0.305 e. The van der Waals surface area contributed by atoms with Crippen molar-refractivity contribution >= 4 is 17.6 Å². The van der Waals surface area contributed by atoms with E-state index in [0.717, 1.165) is 16.9 Å². The Hall–Kier alpha value is -2.08. The summed E-state index contributed by atoms with van der Waals surface area (Å²) in [6, 6.07) is 2.43. The van der Waals surface area contributed by atoms with Gasteiger partial charge in [-0.3, -0.25) is 9.59 Å². The first-order valence-electron chi connectivity index (χ1n) is 5.78. The van der Waals surface area contributed by atoms with Gasteiger partial charge in [0, 0.05) is 5.69 Å². The van der Waals surface area contributed by atoms with E-state index in [2.05, 4.69) is 5.32 Å². The van der Waals surface area contributed by atoms with Gasteiger partial charge < -0.3 is 20.9 Å². The molecule has 0 aromatic heterocycles. The van der Waals surface area contributed by atoms with Crippen LogP contribution in [0.25, 0.3) is 0 Å². The second-order valence-corrected chi connectivity index (χ2v) is 4.34. The fraction of sp³-hybridized carbons (Fsp3) is 0.385. The number of hydrogen-bond donors (Lipinski definition) is 3. The van der Waals surface area contributed by atoms with Crippen molar-refractivity contribution in [3.8, 4) is 5.75 Å². The van der Waals surface area contributed by atoms with Gasteiger partial charge in [0.25, 0.3) is 0 Å². The standard InChI is InChI=1S/C13H18N2O4/c1-7-4-9(5-8(2)12(7)19-3)15-13(18)10(14)6-11(16)17/h4-5,10H,6,14H2,1-3H3,(H,15,18)(H,16,17). The quantitative estimate of drug-likeness (QED) is 0.739. The molecule has 0 spiro atoms. The lowest BCUT2D eigenvalue weighted by molar-refractivity contribution is -0.138. The molecule has 0 aliphatic carbocycles. The molecule has 1 atom stereocenters. The Morgan fingerprint density at radius 3 is 2.32 bits per heavy atom. The zero-order chi connectivity index (χ0) is 14.6. The van der Waals surface area contributed by atoms with Crippen molar-refractivity contribution in [2.24, 2.45) is 5.73 Å². The Balaban J connectivity index is 2.83. The molecule has 0 radical (unpaired) electrons. The summed E-state index contributed by atoms with van der Waals surface area (Å²) in [5.74, 6) is -0.871. The summed E-state index contributed by atoms with van der Waals surface area (Å²) in [6.07, 6.45) is -0.403. The lowest BCUT2D eigenvalue weighted by Gasteiger charge is -2.14. The number of benzene rings is 1. The van der Waals surface area contributed by atoms with E-state index >= 15 is 0 Å². The average Bonchev–Trinajstić information content (AvgIpc) is 2.27. The van der Waals surface area contributed by atoms with E-state index in [1.165, 1.54) is 0 Å². The number of nitrogens with one attached hydrogen (secondary N) is 1.